The fraction of sp³-hybridized carbons (Fsp3) is 0.480. The Morgan fingerprint density at radius 3 is 2.38 bits per heavy atom. The number of nitrogens with zero attached hydrogens (tertiary/aromatic N) is 3. The van der Waals surface area contributed by atoms with Crippen molar-refractivity contribution in [2.75, 3.05) is 38.1 Å². The van der Waals surface area contributed by atoms with Crippen LogP contribution in [-0.2, 0) is 21.4 Å². The Balaban J connectivity index is 1.39. The van der Waals surface area contributed by atoms with Crippen molar-refractivity contribution in [2.24, 2.45) is 5.92 Å². The summed E-state index contributed by atoms with van der Waals surface area (Å²) in [6.45, 7) is 2.71. The molecule has 6 nitrogen and oxygen atoms in total. The Labute approximate surface area is 200 Å². The van der Waals surface area contributed by atoms with Crippen LogP contribution in [0.5, 0.6) is 0 Å². The maximum absolute atomic E-state index is 14.1. The van der Waals surface area contributed by atoms with Gasteiger partial charge in [-0.05, 0) is 61.9 Å². The predicted octanol–water partition coefficient (Wildman–Crippen LogP) is 4.01. The van der Waals surface area contributed by atoms with Crippen molar-refractivity contribution in [1.29, 1.82) is 0 Å². The molecule has 0 aliphatic carbocycles. The Hall–Kier alpha value is -2.52. The van der Waals surface area contributed by atoms with E-state index in [1.165, 1.54) is 24.9 Å². The second kappa shape index (κ2) is 10.4. The maximum atomic E-state index is 14.1. The van der Waals surface area contributed by atoms with Crippen molar-refractivity contribution >= 4 is 21.6 Å². The van der Waals surface area contributed by atoms with Crippen molar-refractivity contribution in [2.45, 2.75) is 43.5 Å². The lowest BCUT2D eigenvalue weighted by atomic mass is 9.96. The average Bonchev–Trinajstić information content (AvgIpc) is 2.86. The van der Waals surface area contributed by atoms with Crippen LogP contribution in [0, 0.1) is 17.6 Å². The van der Waals surface area contributed by atoms with E-state index in [9.17, 15) is 22.0 Å². The van der Waals surface area contributed by atoms with Crippen LogP contribution in [0.4, 0.5) is 14.5 Å². The van der Waals surface area contributed by atoms with Crippen molar-refractivity contribution in [3.8, 4) is 0 Å². The minimum absolute atomic E-state index is 0.0255. The normalized spacial score (nSPS) is 18.1. The van der Waals surface area contributed by atoms with E-state index in [0.29, 0.717) is 25.5 Å². The van der Waals surface area contributed by atoms with E-state index in [0.717, 1.165) is 35.1 Å². The Bertz CT molecular complexity index is 1130. The molecule has 9 heteroatoms. The highest BCUT2D eigenvalue weighted by Crippen LogP contribution is 2.29. The molecule has 2 saturated heterocycles. The molecule has 2 fully saturated rings. The zero-order valence-corrected chi connectivity index (χ0v) is 20.2. The molecular weight excluding hydrogens is 460 g/mol. The largest absolute Gasteiger partial charge is 0.371 e. The number of anilines is 1. The number of halogens is 2. The lowest BCUT2D eigenvalue weighted by molar-refractivity contribution is -0.135. The van der Waals surface area contributed by atoms with Gasteiger partial charge in [0, 0.05) is 51.4 Å². The van der Waals surface area contributed by atoms with Crippen molar-refractivity contribution < 1.29 is 22.0 Å². The fourth-order valence-corrected chi connectivity index (χ4v) is 6.44. The molecule has 2 heterocycles. The minimum atomic E-state index is -4.16. The summed E-state index contributed by atoms with van der Waals surface area (Å²) in [6, 6.07) is 10.6. The molecule has 0 N–H and O–H groups in total. The van der Waals surface area contributed by atoms with Gasteiger partial charge in [-0.1, -0.05) is 18.2 Å². The molecule has 2 aromatic rings. The third kappa shape index (κ3) is 5.25. The van der Waals surface area contributed by atoms with Gasteiger partial charge in [-0.15, -0.1) is 0 Å². The maximum Gasteiger partial charge on any atom is 0.246 e. The molecule has 2 aromatic carbocycles. The van der Waals surface area contributed by atoms with E-state index in [2.05, 4.69) is 17.0 Å². The first-order valence-corrected chi connectivity index (χ1v) is 13.2. The molecule has 0 aromatic heterocycles. The van der Waals surface area contributed by atoms with Gasteiger partial charge in [0.05, 0.1) is 0 Å². The van der Waals surface area contributed by atoms with Gasteiger partial charge in [0.15, 0.2) is 0 Å². The Morgan fingerprint density at radius 2 is 1.68 bits per heavy atom. The van der Waals surface area contributed by atoms with Crippen LogP contribution in [0.3, 0.4) is 0 Å². The summed E-state index contributed by atoms with van der Waals surface area (Å²) in [5.74, 6) is -2.12. The molecule has 0 atom stereocenters. The lowest BCUT2D eigenvalue weighted by Gasteiger charge is -2.34. The molecule has 0 radical (unpaired) electrons. The van der Waals surface area contributed by atoms with E-state index in [-0.39, 0.29) is 24.9 Å². The summed E-state index contributed by atoms with van der Waals surface area (Å²) in [6.07, 6.45) is 4.27. The van der Waals surface area contributed by atoms with Gasteiger partial charge in [-0.25, -0.2) is 17.2 Å². The monoisotopic (exact) mass is 491 g/mol. The first-order valence-electron chi connectivity index (χ1n) is 11.8. The molecule has 2 aliphatic rings. The molecule has 2 aliphatic heterocycles. The first kappa shape index (κ1) is 24.6. The molecule has 0 unspecified atom stereocenters. The summed E-state index contributed by atoms with van der Waals surface area (Å²) in [4.78, 5) is 16.6. The number of piperidine rings is 2. The standard InChI is InChI=1S/C25H31F2N3O3S/c1-28(18-20-7-3-4-8-23(20)29-13-5-2-6-14-29)25(31)19-11-15-30(16-12-19)34(32,33)24-17-21(26)9-10-22(24)27/h3-4,7-10,17,19H,2,5-6,11-16,18H2,1H3. The van der Waals surface area contributed by atoms with E-state index in [1.807, 2.05) is 12.1 Å². The Kier molecular flexibility index (Phi) is 7.52. The molecule has 0 saturated carbocycles. The molecule has 0 spiro atoms. The van der Waals surface area contributed by atoms with E-state index in [4.69, 9.17) is 0 Å². The van der Waals surface area contributed by atoms with Crippen molar-refractivity contribution in [3.63, 3.8) is 0 Å². The molecule has 4 rings (SSSR count). The summed E-state index contributed by atoms with van der Waals surface area (Å²) in [5.41, 5.74) is 2.27. The summed E-state index contributed by atoms with van der Waals surface area (Å²) < 4.78 is 54.4. The van der Waals surface area contributed by atoms with E-state index in [1.54, 1.807) is 11.9 Å². The van der Waals surface area contributed by atoms with Crippen LogP contribution in [-0.4, -0.2) is 56.8 Å². The summed E-state index contributed by atoms with van der Waals surface area (Å²) in [5, 5.41) is 0. The quantitative estimate of drug-likeness (QED) is 0.613. The highest BCUT2D eigenvalue weighted by molar-refractivity contribution is 7.89. The SMILES string of the molecule is CN(Cc1ccccc1N1CCCCC1)C(=O)C1CCN(S(=O)(=O)c2cc(F)ccc2F)CC1. The Morgan fingerprint density at radius 1 is 1.00 bits per heavy atom. The van der Waals surface area contributed by atoms with Gasteiger partial charge in [0.2, 0.25) is 15.9 Å². The van der Waals surface area contributed by atoms with Crippen molar-refractivity contribution in [1.82, 2.24) is 9.21 Å². The number of carbonyl (C=O) groups is 1. The molecule has 0 bridgehead atoms. The number of hydrogen-bond acceptors (Lipinski definition) is 4. The van der Waals surface area contributed by atoms with Crippen LogP contribution in [0.2, 0.25) is 0 Å². The molecule has 34 heavy (non-hydrogen) atoms. The topological polar surface area (TPSA) is 60.9 Å². The predicted molar refractivity (Wildman–Crippen MR) is 127 cm³/mol. The van der Waals surface area contributed by atoms with Crippen LogP contribution in [0.1, 0.15) is 37.7 Å². The number of amides is 1. The number of hydrogen-bond donors (Lipinski definition) is 0. The highest BCUT2D eigenvalue weighted by Gasteiger charge is 2.34. The summed E-state index contributed by atoms with van der Waals surface area (Å²) in [7, 11) is -2.38. The summed E-state index contributed by atoms with van der Waals surface area (Å²) >= 11 is 0. The fourth-order valence-electron chi connectivity index (χ4n) is 4.89. The van der Waals surface area contributed by atoms with Gasteiger partial charge < -0.3 is 9.80 Å². The van der Waals surface area contributed by atoms with Gasteiger partial charge in [-0.3, -0.25) is 4.79 Å². The second-order valence-electron chi connectivity index (χ2n) is 9.12. The minimum Gasteiger partial charge on any atom is -0.371 e. The van der Waals surface area contributed by atoms with Crippen LogP contribution in [0.15, 0.2) is 47.4 Å². The van der Waals surface area contributed by atoms with Gasteiger partial charge in [0.1, 0.15) is 16.5 Å². The highest BCUT2D eigenvalue weighted by atomic mass is 32.2. The lowest BCUT2D eigenvalue weighted by Crippen LogP contribution is -2.43. The second-order valence-corrected chi connectivity index (χ2v) is 11.0. The average molecular weight is 492 g/mol. The zero-order chi connectivity index (χ0) is 24.3. The number of sulfonamides is 1. The number of benzene rings is 2. The molecular formula is C25H31F2N3O3S. The number of para-hydroxylation sites is 1. The van der Waals surface area contributed by atoms with E-state index < -0.39 is 26.6 Å². The van der Waals surface area contributed by atoms with Gasteiger partial charge >= 0.3 is 0 Å². The van der Waals surface area contributed by atoms with Gasteiger partial charge in [0.25, 0.3) is 0 Å². The van der Waals surface area contributed by atoms with Crippen LogP contribution >= 0.6 is 0 Å². The van der Waals surface area contributed by atoms with Crippen LogP contribution in [0.25, 0.3) is 0 Å². The molecule has 1 amide bonds. The van der Waals surface area contributed by atoms with E-state index >= 15 is 0 Å². The molecule has 184 valence electrons. The number of rotatable bonds is 6. The first-order chi connectivity index (χ1) is 16.3. The third-order valence-electron chi connectivity index (χ3n) is 6.79. The van der Waals surface area contributed by atoms with Gasteiger partial charge in [-0.2, -0.15) is 4.31 Å². The smallest absolute Gasteiger partial charge is 0.246 e. The zero-order valence-electron chi connectivity index (χ0n) is 19.4. The van der Waals surface area contributed by atoms with Crippen LogP contribution < -0.4 is 4.90 Å². The number of carbonyl (C=O) groups excluding carboxylic acids is 1. The third-order valence-corrected chi connectivity index (χ3v) is 8.70. The van der Waals surface area contributed by atoms with Crippen molar-refractivity contribution in [3.05, 3.63) is 59.7 Å².